The third-order valence-electron chi connectivity index (χ3n) is 4.70. The second kappa shape index (κ2) is 5.54. The lowest BCUT2D eigenvalue weighted by Gasteiger charge is -2.30. The summed E-state index contributed by atoms with van der Waals surface area (Å²) in [5.41, 5.74) is 1.71. The van der Waals surface area contributed by atoms with Crippen molar-refractivity contribution in [3.63, 3.8) is 0 Å². The predicted octanol–water partition coefficient (Wildman–Crippen LogP) is 3.22. The summed E-state index contributed by atoms with van der Waals surface area (Å²) in [6.07, 6.45) is 6.06. The lowest BCUT2D eigenvalue weighted by atomic mass is 10.2. The van der Waals surface area contributed by atoms with Crippen molar-refractivity contribution in [2.45, 2.75) is 25.3 Å². The quantitative estimate of drug-likeness (QED) is 0.799. The zero-order chi connectivity index (χ0) is 16.8. The van der Waals surface area contributed by atoms with E-state index in [9.17, 15) is 4.39 Å². The van der Waals surface area contributed by atoms with Gasteiger partial charge < -0.3 is 4.90 Å². The van der Waals surface area contributed by atoms with Gasteiger partial charge in [0.15, 0.2) is 5.82 Å². The molecule has 25 heavy (non-hydrogen) atoms. The summed E-state index contributed by atoms with van der Waals surface area (Å²) in [5, 5.41) is 7.38. The van der Waals surface area contributed by atoms with Crippen molar-refractivity contribution >= 4 is 17.3 Å². The maximum absolute atomic E-state index is 14.2. The van der Waals surface area contributed by atoms with Crippen LogP contribution in [0.1, 0.15) is 30.3 Å². The monoisotopic (exact) mass is 336 g/mol. The standard InChI is InChI=1S/C18H17FN6/c19-13-3-1-2-4-15(13)24-10-17-20-7-8-25(17)18(11-24)21-16-9-14(22-23-16)12-5-6-12/h1-4,7-9,12H,5-6,10-11H2,(H,22,23). The van der Waals surface area contributed by atoms with E-state index in [1.807, 2.05) is 27.8 Å². The highest BCUT2D eigenvalue weighted by molar-refractivity contribution is 5.92. The summed E-state index contributed by atoms with van der Waals surface area (Å²) in [6, 6.07) is 8.80. The van der Waals surface area contributed by atoms with Gasteiger partial charge in [-0.05, 0) is 25.0 Å². The normalized spacial score (nSPS) is 18.6. The molecule has 1 N–H and O–H groups in total. The Balaban J connectivity index is 1.51. The van der Waals surface area contributed by atoms with Gasteiger partial charge in [0.05, 0.1) is 18.8 Å². The van der Waals surface area contributed by atoms with E-state index < -0.39 is 0 Å². The smallest absolute Gasteiger partial charge is 0.175 e. The summed E-state index contributed by atoms with van der Waals surface area (Å²) in [5.74, 6) is 2.65. The van der Waals surface area contributed by atoms with Crippen molar-refractivity contribution in [2.75, 3.05) is 11.4 Å². The molecule has 2 aromatic heterocycles. The maximum atomic E-state index is 14.2. The van der Waals surface area contributed by atoms with Gasteiger partial charge in [0.1, 0.15) is 17.5 Å². The molecule has 126 valence electrons. The number of hydrogen-bond acceptors (Lipinski definition) is 4. The van der Waals surface area contributed by atoms with E-state index in [4.69, 9.17) is 4.99 Å². The number of aromatic amines is 1. The molecule has 0 bridgehead atoms. The van der Waals surface area contributed by atoms with Gasteiger partial charge in [-0.3, -0.25) is 9.67 Å². The fourth-order valence-electron chi connectivity index (χ4n) is 3.25. The molecule has 2 aliphatic rings. The van der Waals surface area contributed by atoms with Crippen molar-refractivity contribution in [2.24, 2.45) is 4.99 Å². The van der Waals surface area contributed by atoms with E-state index in [-0.39, 0.29) is 5.82 Å². The number of imidazole rings is 1. The van der Waals surface area contributed by atoms with Crippen LogP contribution in [0.2, 0.25) is 0 Å². The first-order valence-electron chi connectivity index (χ1n) is 8.43. The minimum absolute atomic E-state index is 0.238. The summed E-state index contributed by atoms with van der Waals surface area (Å²) >= 11 is 0. The highest BCUT2D eigenvalue weighted by Gasteiger charge is 2.27. The molecule has 0 spiro atoms. The first-order valence-corrected chi connectivity index (χ1v) is 8.43. The van der Waals surface area contributed by atoms with Gasteiger partial charge in [-0.2, -0.15) is 5.10 Å². The second-order valence-corrected chi connectivity index (χ2v) is 6.50. The van der Waals surface area contributed by atoms with E-state index in [2.05, 4.69) is 15.2 Å². The largest absolute Gasteiger partial charge is 0.354 e. The molecule has 0 amide bonds. The maximum Gasteiger partial charge on any atom is 0.175 e. The summed E-state index contributed by atoms with van der Waals surface area (Å²) in [7, 11) is 0. The van der Waals surface area contributed by atoms with E-state index in [1.54, 1.807) is 18.3 Å². The first kappa shape index (κ1) is 14.4. The zero-order valence-electron chi connectivity index (χ0n) is 13.6. The fourth-order valence-corrected chi connectivity index (χ4v) is 3.25. The molecule has 1 aliphatic heterocycles. The minimum Gasteiger partial charge on any atom is -0.354 e. The Kier molecular flexibility index (Phi) is 3.19. The van der Waals surface area contributed by atoms with Crippen molar-refractivity contribution in [1.29, 1.82) is 0 Å². The molecule has 1 aliphatic carbocycles. The Morgan fingerprint density at radius 1 is 1.20 bits per heavy atom. The van der Waals surface area contributed by atoms with Crippen molar-refractivity contribution < 1.29 is 4.39 Å². The molecule has 0 radical (unpaired) electrons. The third kappa shape index (κ3) is 2.61. The van der Waals surface area contributed by atoms with Gasteiger partial charge in [-0.15, -0.1) is 0 Å². The van der Waals surface area contributed by atoms with Crippen LogP contribution < -0.4 is 4.90 Å². The number of nitrogens with zero attached hydrogens (tertiary/aromatic N) is 5. The molecule has 0 saturated heterocycles. The van der Waals surface area contributed by atoms with Crippen LogP contribution in [-0.4, -0.2) is 32.1 Å². The Hall–Kier alpha value is -2.96. The van der Waals surface area contributed by atoms with Crippen LogP contribution in [0.5, 0.6) is 0 Å². The number of benzene rings is 1. The van der Waals surface area contributed by atoms with E-state index in [1.165, 1.54) is 18.9 Å². The molecule has 6 nitrogen and oxygen atoms in total. The highest BCUT2D eigenvalue weighted by Crippen LogP contribution is 2.39. The number of halogens is 1. The predicted molar refractivity (Wildman–Crippen MR) is 92.7 cm³/mol. The highest BCUT2D eigenvalue weighted by atomic mass is 19.1. The summed E-state index contributed by atoms with van der Waals surface area (Å²) in [4.78, 5) is 11.0. The Bertz CT molecular complexity index is 952. The molecule has 7 heteroatoms. The number of aliphatic imine (C=N–C) groups is 1. The molecular weight excluding hydrogens is 319 g/mol. The third-order valence-corrected chi connectivity index (χ3v) is 4.70. The molecule has 3 heterocycles. The van der Waals surface area contributed by atoms with E-state index >= 15 is 0 Å². The van der Waals surface area contributed by atoms with Crippen LogP contribution in [0.15, 0.2) is 47.7 Å². The lowest BCUT2D eigenvalue weighted by Crippen LogP contribution is -2.40. The minimum atomic E-state index is -0.238. The molecular formula is C18H17FN6. The lowest BCUT2D eigenvalue weighted by molar-refractivity contribution is 0.615. The number of aromatic nitrogens is 4. The van der Waals surface area contributed by atoms with Gasteiger partial charge in [0.25, 0.3) is 0 Å². The Morgan fingerprint density at radius 2 is 2.08 bits per heavy atom. The Labute approximate surface area is 144 Å². The molecule has 1 saturated carbocycles. The molecule has 3 aromatic rings. The van der Waals surface area contributed by atoms with E-state index in [0.717, 1.165) is 17.4 Å². The van der Waals surface area contributed by atoms with Gasteiger partial charge in [-0.1, -0.05) is 12.1 Å². The molecule has 5 rings (SSSR count). The van der Waals surface area contributed by atoms with E-state index in [0.29, 0.717) is 30.5 Å². The van der Waals surface area contributed by atoms with Crippen molar-refractivity contribution in [3.05, 3.63) is 60.1 Å². The molecule has 0 unspecified atom stereocenters. The molecule has 1 aromatic carbocycles. The number of rotatable bonds is 3. The van der Waals surface area contributed by atoms with Crippen molar-refractivity contribution in [1.82, 2.24) is 19.7 Å². The van der Waals surface area contributed by atoms with Crippen LogP contribution >= 0.6 is 0 Å². The number of anilines is 1. The van der Waals surface area contributed by atoms with Crippen LogP contribution in [0.4, 0.5) is 15.9 Å². The topological polar surface area (TPSA) is 62.1 Å². The summed E-state index contributed by atoms with van der Waals surface area (Å²) < 4.78 is 16.2. The van der Waals surface area contributed by atoms with Crippen molar-refractivity contribution in [3.8, 4) is 0 Å². The van der Waals surface area contributed by atoms with Gasteiger partial charge in [-0.25, -0.2) is 14.4 Å². The van der Waals surface area contributed by atoms with Gasteiger partial charge >= 0.3 is 0 Å². The number of fused-ring (bicyclic) bond motifs is 1. The van der Waals surface area contributed by atoms with Gasteiger partial charge in [0, 0.05) is 30.1 Å². The average molecular weight is 336 g/mol. The molecule has 0 atom stereocenters. The second-order valence-electron chi connectivity index (χ2n) is 6.50. The number of H-pyrrole nitrogens is 1. The SMILES string of the molecule is Fc1ccccc1N1CC(=Nc2cc(C3CC3)[nH]n2)n2ccnc2C1. The number of nitrogens with one attached hydrogen (secondary N) is 1. The van der Waals surface area contributed by atoms with Gasteiger partial charge in [0.2, 0.25) is 0 Å². The van der Waals surface area contributed by atoms with Crippen LogP contribution in [0.25, 0.3) is 0 Å². The first-order chi connectivity index (χ1) is 12.3. The number of para-hydroxylation sites is 1. The molecule has 1 fully saturated rings. The van der Waals surface area contributed by atoms with Crippen LogP contribution in [0.3, 0.4) is 0 Å². The number of hydrogen-bond donors (Lipinski definition) is 1. The summed E-state index contributed by atoms with van der Waals surface area (Å²) in [6.45, 7) is 1.04. The fraction of sp³-hybridized carbons (Fsp3) is 0.278. The van der Waals surface area contributed by atoms with Crippen LogP contribution in [0, 0.1) is 5.82 Å². The van der Waals surface area contributed by atoms with Crippen LogP contribution in [-0.2, 0) is 6.54 Å². The average Bonchev–Trinajstić information content (AvgIpc) is 3.17. The zero-order valence-corrected chi connectivity index (χ0v) is 13.6. The Morgan fingerprint density at radius 3 is 2.92 bits per heavy atom.